The average molecular weight is 1500 g/mol. The summed E-state index contributed by atoms with van der Waals surface area (Å²) in [6.45, 7) is 4.70. The van der Waals surface area contributed by atoms with Crippen LogP contribution in [0.1, 0.15) is 69.5 Å². The van der Waals surface area contributed by atoms with Crippen LogP contribution in [0.5, 0.6) is 0 Å². The van der Waals surface area contributed by atoms with Crippen LogP contribution in [-0.2, 0) is 16.2 Å². The molecule has 23 rings (SSSR count). The molecule has 0 fully saturated rings. The van der Waals surface area contributed by atoms with E-state index in [0.717, 1.165) is 94.7 Å². The zero-order valence-corrected chi connectivity index (χ0v) is 64.8. The molecular weight excluding hydrogens is 1420 g/mol. The fourth-order valence-corrected chi connectivity index (χ4v) is 19.9. The first-order valence-corrected chi connectivity index (χ1v) is 40.5. The quantitative estimate of drug-likeness (QED) is 0.115. The van der Waals surface area contributed by atoms with Crippen LogP contribution in [0.15, 0.2) is 446 Å². The van der Waals surface area contributed by atoms with E-state index in [2.05, 4.69) is 460 Å². The summed E-state index contributed by atoms with van der Waals surface area (Å²) >= 11 is 0. The Morgan fingerprint density at radius 2 is 0.564 bits per heavy atom. The highest BCUT2D eigenvalue weighted by Crippen LogP contribution is 2.61. The Kier molecular flexibility index (Phi) is 16.4. The number of benzene rings is 18. The molecule has 0 radical (unpaired) electrons. The number of anilines is 6. The molecule has 0 spiro atoms. The lowest BCUT2D eigenvalue weighted by Gasteiger charge is -2.34. The van der Waals surface area contributed by atoms with Crippen LogP contribution in [0.2, 0.25) is 0 Å². The molecule has 2 aromatic heterocycles. The minimum atomic E-state index is -0.563. The summed E-state index contributed by atoms with van der Waals surface area (Å²) in [5.74, 6) is 0. The molecule has 0 saturated heterocycles. The zero-order chi connectivity index (χ0) is 77.8. The fourth-order valence-electron chi connectivity index (χ4n) is 19.9. The van der Waals surface area contributed by atoms with Crippen LogP contribution in [0, 0.1) is 0 Å². The van der Waals surface area contributed by atoms with Crippen molar-refractivity contribution in [2.24, 2.45) is 0 Å². The van der Waals surface area contributed by atoms with Crippen molar-refractivity contribution in [1.82, 2.24) is 0 Å². The molecule has 0 amide bonds. The normalized spacial score (nSPS) is 13.4. The molecule has 2 heterocycles. The lowest BCUT2D eigenvalue weighted by molar-refractivity contribution is 0.648. The number of hydrogen-bond donors (Lipinski definition) is 0. The van der Waals surface area contributed by atoms with Gasteiger partial charge >= 0.3 is 0 Å². The van der Waals surface area contributed by atoms with Gasteiger partial charge in [-0.25, -0.2) is 0 Å². The largest absolute Gasteiger partial charge is 0.456 e. The van der Waals surface area contributed by atoms with E-state index in [0.29, 0.717) is 0 Å². The standard InChI is InChI=1S/C58H41NO.C55H37NO/c1-57(2)50-24-12-9-20-44(50)47-34-32-43(37-54(47)57)59(41-30-28-39(29-31-41)38-16-5-3-6-17-38)42-33-35-55-49(36-42)48-23-15-27-53(56(48)60-55)58(40-18-7-4-8-19-40)51-25-13-10-21-45(51)46-22-11-14-26-52(46)58;1-4-16-38(17-5-1)39-30-33-44(34-31-39)56(43-21-8-3-9-22-43)45-23-14-18-40(36-45)41-32-35-48-53(37-41)57-52-29-15-28-51(54(48)52)55(42-19-6-2-7-20-42)49-26-12-10-24-46(49)47-25-11-13-27-50(47)55/h3-37H,1-2H3;1-37H. The molecule has 0 unspecified atom stereocenters. The predicted molar refractivity (Wildman–Crippen MR) is 485 cm³/mol. The van der Waals surface area contributed by atoms with Crippen LogP contribution in [0.4, 0.5) is 34.1 Å². The summed E-state index contributed by atoms with van der Waals surface area (Å²) in [5.41, 5.74) is 36.4. The third kappa shape index (κ3) is 11.0. The van der Waals surface area contributed by atoms with Gasteiger partial charge in [-0.05, 0) is 214 Å². The molecule has 552 valence electrons. The summed E-state index contributed by atoms with van der Waals surface area (Å²) < 4.78 is 13.9. The predicted octanol–water partition coefficient (Wildman–Crippen LogP) is 30.1. The van der Waals surface area contributed by atoms with E-state index >= 15 is 0 Å². The van der Waals surface area contributed by atoms with Gasteiger partial charge in [-0.15, -0.1) is 0 Å². The topological polar surface area (TPSA) is 32.8 Å². The molecule has 0 atom stereocenters. The Labute approximate surface area is 681 Å². The van der Waals surface area contributed by atoms with E-state index in [-0.39, 0.29) is 5.41 Å². The molecule has 3 aliphatic carbocycles. The molecule has 3 aliphatic rings. The molecular formula is C113H78N2O2. The monoisotopic (exact) mass is 1490 g/mol. The van der Waals surface area contributed by atoms with Crippen molar-refractivity contribution in [3.05, 3.63) is 492 Å². The third-order valence-electron chi connectivity index (χ3n) is 25.1. The maximum atomic E-state index is 7.09. The van der Waals surface area contributed by atoms with Crippen molar-refractivity contribution in [3.63, 3.8) is 0 Å². The summed E-state index contributed by atoms with van der Waals surface area (Å²) in [5, 5.41) is 4.46. The molecule has 117 heavy (non-hydrogen) atoms. The first-order chi connectivity index (χ1) is 57.8. The highest BCUT2D eigenvalue weighted by Gasteiger charge is 2.49. The molecule has 0 saturated carbocycles. The Bertz CT molecular complexity index is 7110. The lowest BCUT2D eigenvalue weighted by atomic mass is 9.66. The van der Waals surface area contributed by atoms with Crippen molar-refractivity contribution < 1.29 is 8.83 Å². The van der Waals surface area contributed by atoms with Crippen molar-refractivity contribution in [2.45, 2.75) is 30.1 Å². The van der Waals surface area contributed by atoms with Crippen molar-refractivity contribution in [2.75, 3.05) is 9.80 Å². The summed E-state index contributed by atoms with van der Waals surface area (Å²) in [4.78, 5) is 4.73. The number of nitrogens with zero attached hydrogens (tertiary/aromatic N) is 2. The molecule has 20 aromatic rings. The third-order valence-corrected chi connectivity index (χ3v) is 25.1. The zero-order valence-electron chi connectivity index (χ0n) is 64.8. The Morgan fingerprint density at radius 1 is 0.197 bits per heavy atom. The van der Waals surface area contributed by atoms with Crippen molar-refractivity contribution in [3.8, 4) is 66.8 Å². The Balaban J connectivity index is 0.000000142. The van der Waals surface area contributed by atoms with Gasteiger partial charge in [0, 0.05) is 66.6 Å². The second-order valence-corrected chi connectivity index (χ2v) is 31.7. The van der Waals surface area contributed by atoms with E-state index in [9.17, 15) is 0 Å². The van der Waals surface area contributed by atoms with Crippen LogP contribution < -0.4 is 9.80 Å². The van der Waals surface area contributed by atoms with Crippen LogP contribution in [0.25, 0.3) is 111 Å². The second-order valence-electron chi connectivity index (χ2n) is 31.7. The van der Waals surface area contributed by atoms with Crippen LogP contribution >= 0.6 is 0 Å². The van der Waals surface area contributed by atoms with E-state index in [1.807, 2.05) is 0 Å². The average Bonchev–Trinajstić information content (AvgIpc) is 1.54. The van der Waals surface area contributed by atoms with E-state index in [1.54, 1.807) is 0 Å². The molecule has 4 heteroatoms. The number of hydrogen-bond acceptors (Lipinski definition) is 4. The van der Waals surface area contributed by atoms with Gasteiger partial charge in [0.2, 0.25) is 0 Å². The molecule has 18 aromatic carbocycles. The second kappa shape index (κ2) is 27.8. The molecule has 0 aliphatic heterocycles. The van der Waals surface area contributed by atoms with E-state index in [4.69, 9.17) is 8.83 Å². The van der Waals surface area contributed by atoms with Crippen molar-refractivity contribution in [1.29, 1.82) is 0 Å². The summed E-state index contributed by atoms with van der Waals surface area (Å²) in [6.07, 6.45) is 0. The Hall–Kier alpha value is -14.8. The fraction of sp³-hybridized carbons (Fsp3) is 0.0442. The van der Waals surface area contributed by atoms with E-state index in [1.165, 1.54) is 106 Å². The van der Waals surface area contributed by atoms with Gasteiger partial charge in [-0.2, -0.15) is 0 Å². The van der Waals surface area contributed by atoms with Gasteiger partial charge in [0.25, 0.3) is 0 Å². The van der Waals surface area contributed by atoms with Crippen LogP contribution in [0.3, 0.4) is 0 Å². The highest BCUT2D eigenvalue weighted by atomic mass is 16.3. The SMILES string of the molecule is CC1(C)c2ccccc2-c2ccc(N(c3ccc(-c4ccccc4)cc3)c3ccc4oc5c(C6(c7ccccc7)c7ccccc7-c7ccccc76)cccc5c4c3)cc21.c1ccc(-c2ccc(N(c3ccccc3)c3cccc(-c4ccc5c(c4)oc4cccc(C6(c7ccccc7)c7ccccc7-c7ccccc76)c45)c3)cc2)cc1. The maximum Gasteiger partial charge on any atom is 0.140 e. The van der Waals surface area contributed by atoms with Gasteiger partial charge in [0.15, 0.2) is 0 Å². The molecule has 0 N–H and O–H groups in total. The number of rotatable bonds is 13. The lowest BCUT2D eigenvalue weighted by Crippen LogP contribution is -2.28. The number of fused-ring (bicyclic) bond motifs is 15. The smallest absolute Gasteiger partial charge is 0.140 e. The van der Waals surface area contributed by atoms with Gasteiger partial charge < -0.3 is 18.6 Å². The maximum absolute atomic E-state index is 7.09. The first-order valence-electron chi connectivity index (χ1n) is 40.5. The van der Waals surface area contributed by atoms with Gasteiger partial charge in [0.1, 0.15) is 22.3 Å². The summed E-state index contributed by atoms with van der Waals surface area (Å²) in [7, 11) is 0. The number of furan rings is 2. The highest BCUT2D eigenvalue weighted by molar-refractivity contribution is 6.11. The number of para-hydroxylation sites is 2. The Morgan fingerprint density at radius 3 is 1.13 bits per heavy atom. The molecule has 4 nitrogen and oxygen atoms in total. The first kappa shape index (κ1) is 68.9. The minimum absolute atomic E-state index is 0.127. The van der Waals surface area contributed by atoms with Gasteiger partial charge in [-0.1, -0.05) is 354 Å². The van der Waals surface area contributed by atoms with E-state index < -0.39 is 10.8 Å². The van der Waals surface area contributed by atoms with Crippen molar-refractivity contribution >= 4 is 78.0 Å². The van der Waals surface area contributed by atoms with Gasteiger partial charge in [-0.3, -0.25) is 0 Å². The van der Waals surface area contributed by atoms with Gasteiger partial charge in [0.05, 0.1) is 10.8 Å². The summed E-state index contributed by atoms with van der Waals surface area (Å²) in [6, 6.07) is 159. The molecule has 0 bridgehead atoms. The minimum Gasteiger partial charge on any atom is -0.456 e. The van der Waals surface area contributed by atoms with Crippen LogP contribution in [-0.4, -0.2) is 0 Å².